The predicted octanol–water partition coefficient (Wildman–Crippen LogP) is 5.31. The van der Waals surface area contributed by atoms with E-state index in [1.165, 1.54) is 100 Å². The average molecular weight is 592 g/mol. The number of nitrogens with zero attached hydrogens (tertiary/aromatic N) is 7. The van der Waals surface area contributed by atoms with E-state index in [1.54, 1.807) is 0 Å². The van der Waals surface area contributed by atoms with Gasteiger partial charge in [-0.15, -0.1) is 9.15 Å². The summed E-state index contributed by atoms with van der Waals surface area (Å²) in [5.41, 5.74) is 22.7. The zero-order valence-corrected chi connectivity index (χ0v) is 28.2. The number of hydrogen-bond acceptors (Lipinski definition) is 3. The van der Waals surface area contributed by atoms with Crippen LogP contribution in [-0.4, -0.2) is 41.5 Å². The highest BCUT2D eigenvalue weighted by molar-refractivity contribution is 6.29. The van der Waals surface area contributed by atoms with E-state index in [1.807, 2.05) is 0 Å². The van der Waals surface area contributed by atoms with Crippen LogP contribution in [0.4, 0.5) is 11.6 Å². The monoisotopic (exact) mass is 591 g/mol. The largest absolute Gasteiger partial charge is 0.423 e. The first-order valence-electron chi connectivity index (χ1n) is 16.1. The predicted molar refractivity (Wildman–Crippen MR) is 178 cm³/mol. The van der Waals surface area contributed by atoms with Crippen LogP contribution in [0.1, 0.15) is 89.0 Å². The van der Waals surface area contributed by atoms with Crippen molar-refractivity contribution in [2.45, 2.75) is 89.0 Å². The van der Waals surface area contributed by atoms with Gasteiger partial charge in [0.05, 0.1) is 22.0 Å². The molecule has 0 saturated carbocycles. The van der Waals surface area contributed by atoms with Gasteiger partial charge in [0.2, 0.25) is 11.3 Å². The molecule has 1 atom stereocenters. The van der Waals surface area contributed by atoms with Crippen LogP contribution in [-0.2, 0) is 5.91 Å². The molecule has 10 rings (SSSR count). The summed E-state index contributed by atoms with van der Waals surface area (Å²) in [4.78, 5) is 16.8. The molecular formula is C38H37N7+2. The molecule has 0 saturated heterocycles. The van der Waals surface area contributed by atoms with E-state index in [0.717, 1.165) is 34.6 Å². The van der Waals surface area contributed by atoms with Crippen molar-refractivity contribution >= 4 is 40.9 Å². The molecule has 6 aliphatic heterocycles. The molecule has 1 spiro atoms. The highest BCUT2D eigenvalue weighted by Gasteiger charge is 2.70. The molecule has 8 heterocycles. The minimum Gasteiger partial charge on any atom is -0.218 e. The van der Waals surface area contributed by atoms with Gasteiger partial charge < -0.3 is 0 Å². The van der Waals surface area contributed by atoms with Crippen LogP contribution < -0.4 is 10.8 Å². The Hall–Kier alpha value is -4.65. The second kappa shape index (κ2) is 7.25. The maximum absolute atomic E-state index is 5.60. The van der Waals surface area contributed by atoms with Crippen LogP contribution in [0.5, 0.6) is 0 Å². The molecule has 0 radical (unpaired) electrons. The maximum Gasteiger partial charge on any atom is 0.423 e. The zero-order valence-electron chi connectivity index (χ0n) is 28.2. The Morgan fingerprint density at radius 2 is 0.956 bits per heavy atom. The molecule has 2 aromatic carbocycles. The molecule has 0 fully saturated rings. The Labute approximate surface area is 262 Å². The van der Waals surface area contributed by atoms with Gasteiger partial charge in [0, 0.05) is 28.3 Å². The first kappa shape index (κ1) is 25.7. The number of rotatable bonds is 0. The van der Waals surface area contributed by atoms with E-state index in [2.05, 4.69) is 107 Å². The molecule has 0 bridgehead atoms. The lowest BCUT2D eigenvalue weighted by molar-refractivity contribution is -0.789. The topological polar surface area (TPSA) is 53.0 Å². The average Bonchev–Trinajstić information content (AvgIpc) is 3.69. The van der Waals surface area contributed by atoms with Crippen molar-refractivity contribution in [2.24, 2.45) is 15.0 Å². The summed E-state index contributed by atoms with van der Waals surface area (Å²) in [6.45, 7) is 27.1. The Balaban J connectivity index is 1.53. The van der Waals surface area contributed by atoms with Gasteiger partial charge in [-0.05, 0) is 138 Å². The number of aliphatic imine (C=N–C) groups is 2. The molecular weight excluding hydrogens is 554 g/mol. The lowest BCUT2D eigenvalue weighted by Gasteiger charge is -2.40. The summed E-state index contributed by atoms with van der Waals surface area (Å²) in [7, 11) is 0. The maximum atomic E-state index is 5.60. The summed E-state index contributed by atoms with van der Waals surface area (Å²) in [5.74, 6) is 4.15. The molecule has 222 valence electrons. The van der Waals surface area contributed by atoms with E-state index >= 15 is 0 Å². The summed E-state index contributed by atoms with van der Waals surface area (Å²) in [5, 5.41) is 1.21. The summed E-state index contributed by atoms with van der Waals surface area (Å²) in [6.07, 6.45) is 2.41. The van der Waals surface area contributed by atoms with Gasteiger partial charge in [-0.1, -0.05) is 9.98 Å². The third-order valence-electron chi connectivity index (χ3n) is 12.7. The molecule has 2 aromatic heterocycles. The second-order valence-corrected chi connectivity index (χ2v) is 14.1. The lowest BCUT2D eigenvalue weighted by atomic mass is 9.88. The second-order valence-electron chi connectivity index (χ2n) is 14.1. The normalized spacial score (nSPS) is 20.1. The summed E-state index contributed by atoms with van der Waals surface area (Å²) in [6, 6.07) is 0. The van der Waals surface area contributed by atoms with Crippen molar-refractivity contribution in [3.63, 3.8) is 0 Å². The van der Waals surface area contributed by atoms with Gasteiger partial charge in [-0.2, -0.15) is 4.57 Å². The van der Waals surface area contributed by atoms with Crippen molar-refractivity contribution in [1.29, 1.82) is 0 Å². The number of aromatic nitrogens is 2. The van der Waals surface area contributed by atoms with Crippen LogP contribution in [0.15, 0.2) is 15.0 Å². The lowest BCUT2D eigenvalue weighted by Crippen LogP contribution is -2.71. The summed E-state index contributed by atoms with van der Waals surface area (Å²) >= 11 is 0. The number of amidine groups is 3. The number of benzene rings is 2. The van der Waals surface area contributed by atoms with Gasteiger partial charge in [0.15, 0.2) is 0 Å². The third kappa shape index (κ3) is 2.27. The molecule has 45 heavy (non-hydrogen) atoms. The minimum atomic E-state index is -0.831. The van der Waals surface area contributed by atoms with Crippen molar-refractivity contribution in [1.82, 2.24) is 9.13 Å². The van der Waals surface area contributed by atoms with Crippen LogP contribution in [0.25, 0.3) is 6.08 Å². The van der Waals surface area contributed by atoms with E-state index < -0.39 is 5.91 Å². The van der Waals surface area contributed by atoms with Crippen molar-refractivity contribution < 1.29 is 9.15 Å². The Morgan fingerprint density at radius 1 is 0.467 bits per heavy atom. The van der Waals surface area contributed by atoms with Gasteiger partial charge in [0.1, 0.15) is 5.71 Å². The van der Waals surface area contributed by atoms with Crippen LogP contribution in [0.3, 0.4) is 0 Å². The van der Waals surface area contributed by atoms with Gasteiger partial charge in [0.25, 0.3) is 17.5 Å². The van der Waals surface area contributed by atoms with E-state index in [9.17, 15) is 0 Å². The fourth-order valence-corrected chi connectivity index (χ4v) is 9.26. The molecule has 4 aromatic rings. The fourth-order valence-electron chi connectivity index (χ4n) is 9.26. The van der Waals surface area contributed by atoms with Crippen LogP contribution in [0, 0.1) is 83.1 Å². The Morgan fingerprint density at radius 3 is 1.53 bits per heavy atom. The number of fused-ring (bicyclic) bond motifs is 6. The van der Waals surface area contributed by atoms with Gasteiger partial charge >= 0.3 is 11.7 Å². The molecule has 0 N–H and O–H groups in total. The fraction of sp³-hybridized carbons (Fsp3) is 0.342. The quantitative estimate of drug-likeness (QED) is 0.249. The smallest absolute Gasteiger partial charge is 0.218 e. The van der Waals surface area contributed by atoms with E-state index in [-0.39, 0.29) is 0 Å². The SMILES string of the molecule is Cc1c(C)c(C)c2c(c1C)C1=Nc3c(C)c(C)c4n3C35n6c(c(C)c(C)c6=NC6=[N+]3C(=N4)c3c(C)c(C)c(C)c(C)c36)=CC2=[N+]15. The van der Waals surface area contributed by atoms with Crippen LogP contribution >= 0.6 is 0 Å². The standard InChI is InChI=1S/C38H37N7/c1-14-15(2)20(7)29-28(19(14)6)27-13-26-18(5)23(10)32-39-36-30-21(8)16(3)17(4)22(9)31(30)37-41-34-25(12)24(11)33-40-35(29)43(27)38(42(26)32,44(33)34)45(36)37/h13H,1-12H3/q+2. The molecule has 7 heteroatoms. The van der Waals surface area contributed by atoms with Crippen molar-refractivity contribution in [3.05, 3.63) is 99.9 Å². The molecule has 6 aliphatic rings. The minimum absolute atomic E-state index is 0.831. The highest BCUT2D eigenvalue weighted by atomic mass is 15.7. The third-order valence-corrected chi connectivity index (χ3v) is 12.7. The number of hydrogen-bond donors (Lipinski definition) is 0. The first-order chi connectivity index (χ1) is 21.3. The first-order valence-corrected chi connectivity index (χ1v) is 16.1. The van der Waals surface area contributed by atoms with Gasteiger partial charge in [-0.3, -0.25) is 0 Å². The molecule has 0 amide bonds. The van der Waals surface area contributed by atoms with E-state index in [4.69, 9.17) is 15.0 Å². The van der Waals surface area contributed by atoms with Crippen molar-refractivity contribution in [2.75, 3.05) is 0 Å². The summed E-state index contributed by atoms with van der Waals surface area (Å²) < 4.78 is 9.96. The van der Waals surface area contributed by atoms with Gasteiger partial charge in [-0.25, -0.2) is 4.57 Å². The highest BCUT2D eigenvalue weighted by Crippen LogP contribution is 2.52. The zero-order chi connectivity index (χ0) is 31.5. The molecule has 1 unspecified atom stereocenters. The van der Waals surface area contributed by atoms with Crippen molar-refractivity contribution in [3.8, 4) is 0 Å². The van der Waals surface area contributed by atoms with Crippen LogP contribution in [0.2, 0.25) is 0 Å². The molecule has 7 nitrogen and oxygen atoms in total. The Bertz CT molecular complexity index is 2420. The van der Waals surface area contributed by atoms with E-state index in [0.29, 0.717) is 0 Å². The molecule has 0 aliphatic carbocycles. The Kier molecular flexibility index (Phi) is 4.13.